The molecule has 1 aromatic heterocycles. The monoisotopic (exact) mass is 369 g/mol. The highest BCUT2D eigenvalue weighted by atomic mass is 16.7. The Morgan fingerprint density at radius 2 is 1.74 bits per heavy atom. The number of nitrogens with one attached hydrogen (secondary N) is 2. The lowest BCUT2D eigenvalue weighted by molar-refractivity contribution is 0.0942. The van der Waals surface area contributed by atoms with Crippen LogP contribution in [0.2, 0.25) is 0 Å². The van der Waals surface area contributed by atoms with Gasteiger partial charge in [0.05, 0.1) is 0 Å². The molecule has 2 heterocycles. The third kappa shape index (κ3) is 4.97. The molecule has 2 amide bonds. The smallest absolute Gasteiger partial charge is 0.270 e. The number of hydrogen-bond acceptors (Lipinski definition) is 5. The van der Waals surface area contributed by atoms with Crippen molar-refractivity contribution in [1.29, 1.82) is 0 Å². The molecule has 2 N–H and O–H groups in total. The van der Waals surface area contributed by atoms with Crippen LogP contribution in [0.4, 0.5) is 0 Å². The van der Waals surface area contributed by atoms with Crippen LogP contribution in [0.3, 0.4) is 0 Å². The van der Waals surface area contributed by atoms with E-state index in [4.69, 9.17) is 9.47 Å². The van der Waals surface area contributed by atoms with Gasteiger partial charge in [-0.3, -0.25) is 9.59 Å². The number of ether oxygens (including phenoxy) is 2. The molecule has 3 rings (SSSR count). The summed E-state index contributed by atoms with van der Waals surface area (Å²) in [5.74, 6) is 0.760. The fourth-order valence-electron chi connectivity index (χ4n) is 2.68. The number of hydrogen-bond donors (Lipinski definition) is 2. The molecule has 0 spiro atoms. The second-order valence-corrected chi connectivity index (χ2v) is 6.24. The van der Waals surface area contributed by atoms with Crippen molar-refractivity contribution < 1.29 is 19.1 Å². The standard InChI is InChI=1S/C20H23N3O4/c1-2-3-4-10-21-19(24)15-6-5-7-16(23-15)20(25)22-12-14-8-9-17-18(11-14)27-13-26-17/h5-9,11H,2-4,10,12-13H2,1H3,(H,21,24)(H,22,25). The number of nitrogens with zero attached hydrogens (tertiary/aromatic N) is 1. The van der Waals surface area contributed by atoms with Gasteiger partial charge >= 0.3 is 0 Å². The van der Waals surface area contributed by atoms with E-state index < -0.39 is 0 Å². The van der Waals surface area contributed by atoms with E-state index >= 15 is 0 Å². The number of carbonyl (C=O) groups excluding carboxylic acids is 2. The molecule has 0 aliphatic carbocycles. The molecular formula is C20H23N3O4. The Morgan fingerprint density at radius 3 is 2.52 bits per heavy atom. The molecule has 0 fully saturated rings. The van der Waals surface area contributed by atoms with Gasteiger partial charge in [0.15, 0.2) is 11.5 Å². The Labute approximate surface area is 158 Å². The Kier molecular flexibility index (Phi) is 6.25. The van der Waals surface area contributed by atoms with Crippen LogP contribution in [-0.4, -0.2) is 30.1 Å². The zero-order valence-electron chi connectivity index (χ0n) is 15.3. The number of rotatable bonds is 8. The molecule has 142 valence electrons. The van der Waals surface area contributed by atoms with Crippen LogP contribution in [0.1, 0.15) is 52.7 Å². The molecule has 0 saturated carbocycles. The normalized spacial score (nSPS) is 11.9. The van der Waals surface area contributed by atoms with Crippen LogP contribution >= 0.6 is 0 Å². The molecule has 2 aromatic rings. The summed E-state index contributed by atoms with van der Waals surface area (Å²) in [6, 6.07) is 10.3. The zero-order chi connectivity index (χ0) is 19.1. The fourth-order valence-corrected chi connectivity index (χ4v) is 2.68. The van der Waals surface area contributed by atoms with Gasteiger partial charge in [0, 0.05) is 13.1 Å². The van der Waals surface area contributed by atoms with Crippen molar-refractivity contribution in [3.63, 3.8) is 0 Å². The number of pyridine rings is 1. The lowest BCUT2D eigenvalue weighted by Crippen LogP contribution is -2.28. The highest BCUT2D eigenvalue weighted by Gasteiger charge is 2.15. The maximum Gasteiger partial charge on any atom is 0.270 e. The first kappa shape index (κ1) is 18.7. The van der Waals surface area contributed by atoms with E-state index in [1.54, 1.807) is 18.2 Å². The summed E-state index contributed by atoms with van der Waals surface area (Å²) in [5, 5.41) is 5.63. The van der Waals surface area contributed by atoms with Gasteiger partial charge < -0.3 is 20.1 Å². The average molecular weight is 369 g/mol. The second kappa shape index (κ2) is 9.02. The van der Waals surface area contributed by atoms with Crippen LogP contribution < -0.4 is 20.1 Å². The van der Waals surface area contributed by atoms with E-state index in [0.717, 1.165) is 24.8 Å². The third-order valence-electron chi connectivity index (χ3n) is 4.17. The van der Waals surface area contributed by atoms with Crippen LogP contribution in [0.15, 0.2) is 36.4 Å². The van der Waals surface area contributed by atoms with Crippen molar-refractivity contribution in [2.75, 3.05) is 13.3 Å². The summed E-state index contributed by atoms with van der Waals surface area (Å²) in [7, 11) is 0. The van der Waals surface area contributed by atoms with Crippen LogP contribution in [0, 0.1) is 0 Å². The van der Waals surface area contributed by atoms with Crippen molar-refractivity contribution in [3.05, 3.63) is 53.3 Å². The van der Waals surface area contributed by atoms with Crippen molar-refractivity contribution in [1.82, 2.24) is 15.6 Å². The molecule has 0 radical (unpaired) electrons. The fraction of sp³-hybridized carbons (Fsp3) is 0.350. The molecule has 0 bridgehead atoms. The molecule has 7 heteroatoms. The van der Waals surface area contributed by atoms with Crippen LogP contribution in [0.25, 0.3) is 0 Å². The van der Waals surface area contributed by atoms with Gasteiger partial charge in [0.2, 0.25) is 6.79 Å². The lowest BCUT2D eigenvalue weighted by Gasteiger charge is -2.08. The number of fused-ring (bicyclic) bond motifs is 1. The maximum atomic E-state index is 12.4. The van der Waals surface area contributed by atoms with Crippen molar-refractivity contribution in [2.45, 2.75) is 32.7 Å². The van der Waals surface area contributed by atoms with E-state index in [2.05, 4.69) is 22.5 Å². The minimum atomic E-state index is -0.340. The van der Waals surface area contributed by atoms with Crippen molar-refractivity contribution in [3.8, 4) is 11.5 Å². The number of benzene rings is 1. The summed E-state index contributed by atoms with van der Waals surface area (Å²) in [6.45, 7) is 3.25. The largest absolute Gasteiger partial charge is 0.454 e. The van der Waals surface area contributed by atoms with Crippen LogP contribution in [-0.2, 0) is 6.54 Å². The van der Waals surface area contributed by atoms with E-state index in [1.165, 1.54) is 0 Å². The molecule has 7 nitrogen and oxygen atoms in total. The highest BCUT2D eigenvalue weighted by Crippen LogP contribution is 2.32. The molecule has 0 saturated heterocycles. The van der Waals surface area contributed by atoms with Gasteiger partial charge in [-0.15, -0.1) is 0 Å². The van der Waals surface area contributed by atoms with Gasteiger partial charge in [-0.2, -0.15) is 0 Å². The minimum absolute atomic E-state index is 0.206. The van der Waals surface area contributed by atoms with Crippen LogP contribution in [0.5, 0.6) is 11.5 Å². The summed E-state index contributed by atoms with van der Waals surface area (Å²) in [4.78, 5) is 28.7. The predicted octanol–water partition coefficient (Wildman–Crippen LogP) is 2.66. The molecule has 27 heavy (non-hydrogen) atoms. The molecule has 0 unspecified atom stereocenters. The number of unbranched alkanes of at least 4 members (excludes halogenated alkanes) is 2. The minimum Gasteiger partial charge on any atom is -0.454 e. The van der Waals surface area contributed by atoms with Gasteiger partial charge in [0.25, 0.3) is 11.8 Å². The van der Waals surface area contributed by atoms with E-state index in [1.807, 2.05) is 18.2 Å². The Balaban J connectivity index is 1.56. The SMILES string of the molecule is CCCCCNC(=O)c1cccc(C(=O)NCc2ccc3c(c2)OCO3)n1. The number of amides is 2. The first-order valence-corrected chi connectivity index (χ1v) is 9.09. The van der Waals surface area contributed by atoms with Gasteiger partial charge in [-0.1, -0.05) is 31.9 Å². The summed E-state index contributed by atoms with van der Waals surface area (Å²) < 4.78 is 10.6. The van der Waals surface area contributed by atoms with E-state index in [9.17, 15) is 9.59 Å². The van der Waals surface area contributed by atoms with Gasteiger partial charge in [-0.25, -0.2) is 4.98 Å². The summed E-state index contributed by atoms with van der Waals surface area (Å²) in [5.41, 5.74) is 1.33. The average Bonchev–Trinajstić information content (AvgIpc) is 3.17. The molecular weight excluding hydrogens is 346 g/mol. The maximum absolute atomic E-state index is 12.4. The van der Waals surface area contributed by atoms with Crippen molar-refractivity contribution >= 4 is 11.8 Å². The Morgan fingerprint density at radius 1 is 1.00 bits per heavy atom. The molecule has 0 atom stereocenters. The molecule has 1 aromatic carbocycles. The predicted molar refractivity (Wildman–Crippen MR) is 99.8 cm³/mol. The summed E-state index contributed by atoms with van der Waals surface area (Å²) in [6.07, 6.45) is 3.08. The topological polar surface area (TPSA) is 89.6 Å². The number of carbonyl (C=O) groups is 2. The second-order valence-electron chi connectivity index (χ2n) is 6.24. The third-order valence-corrected chi connectivity index (χ3v) is 4.17. The lowest BCUT2D eigenvalue weighted by atomic mass is 10.2. The van der Waals surface area contributed by atoms with Crippen molar-refractivity contribution in [2.24, 2.45) is 0 Å². The van der Waals surface area contributed by atoms with E-state index in [-0.39, 0.29) is 30.0 Å². The molecule has 1 aliphatic heterocycles. The highest BCUT2D eigenvalue weighted by molar-refractivity contribution is 5.96. The first-order chi connectivity index (χ1) is 13.2. The zero-order valence-corrected chi connectivity index (χ0v) is 15.3. The Bertz CT molecular complexity index is 823. The quantitative estimate of drug-likeness (QED) is 0.698. The molecule has 1 aliphatic rings. The van der Waals surface area contributed by atoms with Gasteiger partial charge in [0.1, 0.15) is 11.4 Å². The first-order valence-electron chi connectivity index (χ1n) is 9.09. The number of aromatic nitrogens is 1. The summed E-state index contributed by atoms with van der Waals surface area (Å²) >= 11 is 0. The van der Waals surface area contributed by atoms with Gasteiger partial charge in [-0.05, 0) is 36.2 Å². The Hall–Kier alpha value is -3.09. The van der Waals surface area contributed by atoms with E-state index in [0.29, 0.717) is 24.6 Å².